The number of rotatable bonds is 2. The van der Waals surface area contributed by atoms with Crippen molar-refractivity contribution in [2.45, 2.75) is 6.92 Å². The Bertz CT molecular complexity index is 634. The molecule has 3 nitrogen and oxygen atoms in total. The van der Waals surface area contributed by atoms with E-state index in [1.807, 2.05) is 22.4 Å². The number of hydrogen-bond acceptors (Lipinski definition) is 3. The van der Waals surface area contributed by atoms with Crippen molar-refractivity contribution in [3.63, 3.8) is 0 Å². The van der Waals surface area contributed by atoms with Gasteiger partial charge in [-0.2, -0.15) is 0 Å². The molecule has 1 aliphatic heterocycles. The smallest absolute Gasteiger partial charge is 0.264 e. The molecule has 1 aromatic heterocycles. The molecule has 2 aromatic rings. The molecule has 0 bridgehead atoms. The maximum atomic E-state index is 12.3. The molecule has 1 aliphatic rings. The van der Waals surface area contributed by atoms with Gasteiger partial charge in [-0.1, -0.05) is 28.1 Å². The molecule has 1 amide bonds. The molecule has 0 saturated carbocycles. The van der Waals surface area contributed by atoms with Gasteiger partial charge in [0.25, 0.3) is 5.91 Å². The molecule has 0 unspecified atom stereocenters. The fraction of sp³-hybridized carbons (Fsp3) is 0.312. The lowest BCUT2D eigenvalue weighted by atomic mass is 10.2. The third-order valence-electron chi connectivity index (χ3n) is 3.82. The highest BCUT2D eigenvalue weighted by Crippen LogP contribution is 2.25. The summed E-state index contributed by atoms with van der Waals surface area (Å²) >= 11 is 5.10. The van der Waals surface area contributed by atoms with Crippen LogP contribution in [-0.2, 0) is 0 Å². The van der Waals surface area contributed by atoms with Crippen LogP contribution in [0.4, 0.5) is 5.69 Å². The molecule has 0 atom stereocenters. The number of aryl methyl sites for hydroxylation is 1. The first-order valence-corrected chi connectivity index (χ1v) is 8.66. The molecule has 1 aromatic carbocycles. The zero-order chi connectivity index (χ0) is 14.8. The summed E-state index contributed by atoms with van der Waals surface area (Å²) in [5, 5.41) is 1.95. The van der Waals surface area contributed by atoms with E-state index in [4.69, 9.17) is 0 Å². The molecule has 110 valence electrons. The number of nitrogens with zero attached hydrogens (tertiary/aromatic N) is 2. The van der Waals surface area contributed by atoms with Crippen molar-refractivity contribution in [2.75, 3.05) is 31.1 Å². The molecule has 1 fully saturated rings. The summed E-state index contributed by atoms with van der Waals surface area (Å²) in [5.74, 6) is 0.162. The molecular weight excluding hydrogens is 348 g/mol. The van der Waals surface area contributed by atoms with Gasteiger partial charge in [0.2, 0.25) is 0 Å². The Labute approximate surface area is 137 Å². The third-order valence-corrected chi connectivity index (χ3v) is 5.53. The number of hydrogen-bond donors (Lipinski definition) is 0. The van der Waals surface area contributed by atoms with Crippen molar-refractivity contribution >= 4 is 38.9 Å². The number of piperazine rings is 1. The zero-order valence-corrected chi connectivity index (χ0v) is 14.3. The van der Waals surface area contributed by atoms with Crippen molar-refractivity contribution in [3.05, 3.63) is 50.6 Å². The number of amides is 1. The molecule has 3 rings (SSSR count). The van der Waals surface area contributed by atoms with Gasteiger partial charge >= 0.3 is 0 Å². The Kier molecular flexibility index (Phi) is 4.31. The Morgan fingerprint density at radius 3 is 2.57 bits per heavy atom. The number of thiophene rings is 1. The number of carbonyl (C=O) groups excluding carboxylic acids is 1. The monoisotopic (exact) mass is 364 g/mol. The van der Waals surface area contributed by atoms with Gasteiger partial charge in [-0.05, 0) is 36.1 Å². The molecule has 1 saturated heterocycles. The lowest BCUT2D eigenvalue weighted by molar-refractivity contribution is 0.0751. The minimum absolute atomic E-state index is 0.162. The minimum atomic E-state index is 0.162. The van der Waals surface area contributed by atoms with E-state index in [0.29, 0.717) is 0 Å². The first kappa shape index (κ1) is 14.6. The largest absolute Gasteiger partial charge is 0.368 e. The quantitative estimate of drug-likeness (QED) is 0.809. The summed E-state index contributed by atoms with van der Waals surface area (Å²) in [4.78, 5) is 17.4. The van der Waals surface area contributed by atoms with Gasteiger partial charge in [0.1, 0.15) is 0 Å². The van der Waals surface area contributed by atoms with Crippen LogP contribution < -0.4 is 4.90 Å². The van der Waals surface area contributed by atoms with E-state index in [-0.39, 0.29) is 5.91 Å². The van der Waals surface area contributed by atoms with Crippen LogP contribution in [0.2, 0.25) is 0 Å². The predicted molar refractivity (Wildman–Crippen MR) is 91.3 cm³/mol. The molecule has 0 radical (unpaired) electrons. The van der Waals surface area contributed by atoms with Crippen LogP contribution in [0.15, 0.2) is 40.2 Å². The van der Waals surface area contributed by atoms with E-state index < -0.39 is 0 Å². The van der Waals surface area contributed by atoms with Gasteiger partial charge in [-0.25, -0.2) is 0 Å². The van der Waals surface area contributed by atoms with E-state index in [1.54, 1.807) is 0 Å². The van der Waals surface area contributed by atoms with Crippen molar-refractivity contribution in [1.82, 2.24) is 4.90 Å². The maximum absolute atomic E-state index is 12.3. The molecule has 21 heavy (non-hydrogen) atoms. The average molecular weight is 365 g/mol. The first-order chi connectivity index (χ1) is 10.1. The van der Waals surface area contributed by atoms with Crippen LogP contribution in [0, 0.1) is 6.92 Å². The van der Waals surface area contributed by atoms with Gasteiger partial charge < -0.3 is 9.80 Å². The lowest BCUT2D eigenvalue weighted by Crippen LogP contribution is -2.48. The van der Waals surface area contributed by atoms with Gasteiger partial charge in [-0.3, -0.25) is 4.79 Å². The topological polar surface area (TPSA) is 23.6 Å². The highest BCUT2D eigenvalue weighted by Gasteiger charge is 2.22. The van der Waals surface area contributed by atoms with E-state index in [2.05, 4.69) is 46.0 Å². The van der Waals surface area contributed by atoms with Gasteiger partial charge in [-0.15, -0.1) is 11.3 Å². The average Bonchev–Trinajstić information content (AvgIpc) is 3.04. The molecular formula is C16H17BrN2OS. The van der Waals surface area contributed by atoms with Crippen molar-refractivity contribution < 1.29 is 4.79 Å². The second-order valence-electron chi connectivity index (χ2n) is 5.19. The maximum Gasteiger partial charge on any atom is 0.264 e. The van der Waals surface area contributed by atoms with Crippen molar-refractivity contribution in [2.24, 2.45) is 0 Å². The van der Waals surface area contributed by atoms with Gasteiger partial charge in [0.05, 0.1) is 4.88 Å². The number of carbonyl (C=O) groups is 1. The summed E-state index contributed by atoms with van der Waals surface area (Å²) in [5.41, 5.74) is 2.46. The fourth-order valence-corrected chi connectivity index (χ4v) is 3.56. The highest BCUT2D eigenvalue weighted by molar-refractivity contribution is 9.10. The zero-order valence-electron chi connectivity index (χ0n) is 11.9. The van der Waals surface area contributed by atoms with Crippen molar-refractivity contribution in [1.29, 1.82) is 0 Å². The Morgan fingerprint density at radius 1 is 1.19 bits per heavy atom. The van der Waals surface area contributed by atoms with Crippen molar-refractivity contribution in [3.8, 4) is 0 Å². The number of anilines is 1. The summed E-state index contributed by atoms with van der Waals surface area (Å²) in [6.07, 6.45) is 0. The molecule has 2 heterocycles. The summed E-state index contributed by atoms with van der Waals surface area (Å²) in [6, 6.07) is 10.3. The van der Waals surface area contributed by atoms with Gasteiger partial charge in [0.15, 0.2) is 0 Å². The number of benzene rings is 1. The van der Waals surface area contributed by atoms with Crippen LogP contribution >= 0.6 is 27.3 Å². The van der Waals surface area contributed by atoms with Crippen LogP contribution in [0.5, 0.6) is 0 Å². The van der Waals surface area contributed by atoms with E-state index >= 15 is 0 Å². The fourth-order valence-electron chi connectivity index (χ4n) is 2.50. The first-order valence-electron chi connectivity index (χ1n) is 6.99. The molecule has 5 heteroatoms. The van der Waals surface area contributed by atoms with Gasteiger partial charge in [0, 0.05) is 36.3 Å². The molecule has 0 N–H and O–H groups in total. The lowest BCUT2D eigenvalue weighted by Gasteiger charge is -2.36. The number of halogens is 1. The summed E-state index contributed by atoms with van der Waals surface area (Å²) in [6.45, 7) is 5.41. The molecule has 0 aliphatic carbocycles. The molecule has 0 spiro atoms. The van der Waals surface area contributed by atoms with Crippen LogP contribution in [-0.4, -0.2) is 37.0 Å². The van der Waals surface area contributed by atoms with Crippen LogP contribution in [0.1, 0.15) is 15.2 Å². The van der Waals surface area contributed by atoms with E-state index in [9.17, 15) is 4.79 Å². The summed E-state index contributed by atoms with van der Waals surface area (Å²) < 4.78 is 1.14. The highest BCUT2D eigenvalue weighted by atomic mass is 79.9. The Morgan fingerprint density at radius 2 is 1.95 bits per heavy atom. The minimum Gasteiger partial charge on any atom is -0.368 e. The normalized spacial score (nSPS) is 15.3. The second-order valence-corrected chi connectivity index (χ2v) is 6.99. The Hall–Kier alpha value is -1.33. The van der Waals surface area contributed by atoms with E-state index in [1.165, 1.54) is 22.6 Å². The third kappa shape index (κ3) is 3.14. The standard InChI is InChI=1S/C16H17BrN2OS/c1-12-4-5-13(11-14(12)17)18-6-8-19(9-7-18)16(20)15-3-2-10-21-15/h2-5,10-11H,6-9H2,1H3. The second kappa shape index (κ2) is 6.20. The Balaban J connectivity index is 1.65. The van der Waals surface area contributed by atoms with Crippen LogP contribution in [0.25, 0.3) is 0 Å². The SMILES string of the molecule is Cc1ccc(N2CCN(C(=O)c3cccs3)CC2)cc1Br. The van der Waals surface area contributed by atoms with Crippen LogP contribution in [0.3, 0.4) is 0 Å². The summed E-state index contributed by atoms with van der Waals surface area (Å²) in [7, 11) is 0. The predicted octanol–water partition coefficient (Wildman–Crippen LogP) is 3.78. The van der Waals surface area contributed by atoms with E-state index in [0.717, 1.165) is 35.5 Å².